The second-order valence-electron chi connectivity index (χ2n) is 6.54. The maximum absolute atomic E-state index is 12.4. The summed E-state index contributed by atoms with van der Waals surface area (Å²) in [5, 5.41) is 5.08. The van der Waals surface area contributed by atoms with Crippen molar-refractivity contribution in [2.45, 2.75) is 39.7 Å². The number of nitrogens with one attached hydrogen (secondary N) is 1. The molecule has 0 unspecified atom stereocenters. The Hall–Kier alpha value is -2.43. The van der Waals surface area contributed by atoms with Crippen LogP contribution in [0.5, 0.6) is 0 Å². The Bertz CT molecular complexity index is 869. The molecule has 3 aromatic rings. The van der Waals surface area contributed by atoms with Crippen LogP contribution in [0.2, 0.25) is 0 Å². The molecule has 114 valence electrons. The van der Waals surface area contributed by atoms with Crippen LogP contribution in [0.15, 0.2) is 35.1 Å². The largest absolute Gasteiger partial charge is 0.310 e. The fraction of sp³-hybridized carbons (Fsp3) is 0.353. The van der Waals surface area contributed by atoms with Gasteiger partial charge in [-0.05, 0) is 33.3 Å². The van der Waals surface area contributed by atoms with E-state index in [1.54, 1.807) is 0 Å². The van der Waals surface area contributed by atoms with E-state index < -0.39 is 0 Å². The number of aromatic amines is 1. The normalized spacial score (nSPS) is 12.0. The first kappa shape index (κ1) is 14.5. The van der Waals surface area contributed by atoms with Gasteiger partial charge < -0.3 is 4.98 Å². The van der Waals surface area contributed by atoms with E-state index >= 15 is 0 Å². The number of benzene rings is 1. The molecular weight excluding hydrogens is 276 g/mol. The summed E-state index contributed by atoms with van der Waals surface area (Å²) in [4.78, 5) is 19.9. The van der Waals surface area contributed by atoms with Gasteiger partial charge in [-0.3, -0.25) is 4.79 Å². The van der Waals surface area contributed by atoms with Crippen molar-refractivity contribution in [3.63, 3.8) is 0 Å². The topological polar surface area (TPSA) is 63.6 Å². The number of fused-ring (bicyclic) bond motifs is 1. The van der Waals surface area contributed by atoms with Crippen molar-refractivity contribution in [3.8, 4) is 0 Å². The first-order valence-electron chi connectivity index (χ1n) is 7.39. The molecule has 0 spiro atoms. The van der Waals surface area contributed by atoms with Gasteiger partial charge in [-0.25, -0.2) is 9.67 Å². The number of H-pyrrole nitrogens is 1. The molecule has 5 heteroatoms. The van der Waals surface area contributed by atoms with Gasteiger partial charge in [-0.2, -0.15) is 5.10 Å². The SMILES string of the molecule is Cc1nn(C(C)(C)C)c2nc(Cc3ccccc3)[nH]c(=O)c12. The van der Waals surface area contributed by atoms with Crippen molar-refractivity contribution in [2.24, 2.45) is 0 Å². The number of hydrogen-bond acceptors (Lipinski definition) is 3. The molecular formula is C17H20N4O. The Morgan fingerprint density at radius 1 is 1.18 bits per heavy atom. The molecule has 1 N–H and O–H groups in total. The monoisotopic (exact) mass is 296 g/mol. The smallest absolute Gasteiger partial charge is 0.262 e. The van der Waals surface area contributed by atoms with Crippen molar-refractivity contribution < 1.29 is 0 Å². The van der Waals surface area contributed by atoms with Gasteiger partial charge in [0.15, 0.2) is 5.65 Å². The zero-order valence-corrected chi connectivity index (χ0v) is 13.3. The van der Waals surface area contributed by atoms with E-state index in [0.29, 0.717) is 29.0 Å². The van der Waals surface area contributed by atoms with Crippen LogP contribution >= 0.6 is 0 Å². The molecule has 1 aromatic carbocycles. The van der Waals surface area contributed by atoms with Crippen LogP contribution in [0.25, 0.3) is 11.0 Å². The van der Waals surface area contributed by atoms with Crippen LogP contribution in [0.4, 0.5) is 0 Å². The third kappa shape index (κ3) is 2.54. The Morgan fingerprint density at radius 3 is 2.50 bits per heavy atom. The molecule has 0 radical (unpaired) electrons. The molecule has 3 rings (SSSR count). The molecule has 0 saturated carbocycles. The maximum atomic E-state index is 12.4. The molecule has 0 bridgehead atoms. The van der Waals surface area contributed by atoms with E-state index in [9.17, 15) is 4.79 Å². The molecule has 5 nitrogen and oxygen atoms in total. The fourth-order valence-corrected chi connectivity index (χ4v) is 2.57. The number of rotatable bonds is 2. The lowest BCUT2D eigenvalue weighted by Gasteiger charge is -2.19. The Morgan fingerprint density at radius 2 is 1.86 bits per heavy atom. The van der Waals surface area contributed by atoms with E-state index in [-0.39, 0.29) is 11.1 Å². The van der Waals surface area contributed by atoms with Crippen molar-refractivity contribution in [3.05, 3.63) is 57.8 Å². The summed E-state index contributed by atoms with van der Waals surface area (Å²) in [6, 6.07) is 9.99. The number of hydrogen-bond donors (Lipinski definition) is 1. The summed E-state index contributed by atoms with van der Waals surface area (Å²) >= 11 is 0. The average molecular weight is 296 g/mol. The van der Waals surface area contributed by atoms with Gasteiger partial charge in [0.2, 0.25) is 0 Å². The van der Waals surface area contributed by atoms with Crippen molar-refractivity contribution in [1.82, 2.24) is 19.7 Å². The second kappa shape index (κ2) is 5.09. The zero-order chi connectivity index (χ0) is 15.9. The summed E-state index contributed by atoms with van der Waals surface area (Å²) in [7, 11) is 0. The Kier molecular flexibility index (Phi) is 3.35. The summed E-state index contributed by atoms with van der Waals surface area (Å²) in [6.45, 7) is 8.01. The van der Waals surface area contributed by atoms with Gasteiger partial charge in [0, 0.05) is 6.42 Å². The van der Waals surface area contributed by atoms with Crippen LogP contribution in [-0.4, -0.2) is 19.7 Å². The van der Waals surface area contributed by atoms with Gasteiger partial charge in [0.25, 0.3) is 5.56 Å². The standard InChI is InChI=1S/C17H20N4O/c1-11-14-15(21(20-11)17(2,3)4)18-13(19-16(14)22)10-12-8-6-5-7-9-12/h5-9H,10H2,1-4H3,(H,18,19,22). The van der Waals surface area contributed by atoms with Crippen molar-refractivity contribution in [2.75, 3.05) is 0 Å². The molecule has 0 aliphatic heterocycles. The zero-order valence-electron chi connectivity index (χ0n) is 13.3. The molecule has 2 heterocycles. The van der Waals surface area contributed by atoms with E-state index in [4.69, 9.17) is 0 Å². The minimum atomic E-state index is -0.225. The van der Waals surface area contributed by atoms with Gasteiger partial charge >= 0.3 is 0 Å². The van der Waals surface area contributed by atoms with Crippen LogP contribution in [0.3, 0.4) is 0 Å². The van der Waals surface area contributed by atoms with Crippen molar-refractivity contribution >= 4 is 11.0 Å². The minimum Gasteiger partial charge on any atom is -0.310 e. The molecule has 0 aliphatic carbocycles. The van der Waals surface area contributed by atoms with E-state index in [1.807, 2.05) is 41.9 Å². The van der Waals surface area contributed by atoms with Gasteiger partial charge in [-0.15, -0.1) is 0 Å². The highest BCUT2D eigenvalue weighted by Gasteiger charge is 2.22. The summed E-state index contributed by atoms with van der Waals surface area (Å²) in [6.07, 6.45) is 0.598. The quantitative estimate of drug-likeness (QED) is 0.791. The highest BCUT2D eigenvalue weighted by atomic mass is 16.1. The highest BCUT2D eigenvalue weighted by molar-refractivity contribution is 5.77. The molecule has 0 saturated heterocycles. The molecule has 0 atom stereocenters. The molecule has 0 aliphatic rings. The van der Waals surface area contributed by atoms with Crippen LogP contribution in [0, 0.1) is 6.92 Å². The minimum absolute atomic E-state index is 0.121. The summed E-state index contributed by atoms with van der Waals surface area (Å²) in [5.41, 5.74) is 2.13. The Labute approximate surface area is 129 Å². The van der Waals surface area contributed by atoms with Gasteiger partial charge in [-0.1, -0.05) is 30.3 Å². The molecule has 0 fully saturated rings. The fourth-order valence-electron chi connectivity index (χ4n) is 2.57. The van der Waals surface area contributed by atoms with E-state index in [2.05, 4.69) is 35.8 Å². The van der Waals surface area contributed by atoms with Gasteiger partial charge in [0.05, 0.1) is 11.2 Å². The summed E-state index contributed by atoms with van der Waals surface area (Å²) in [5.74, 6) is 0.661. The molecule has 0 amide bonds. The lowest BCUT2D eigenvalue weighted by atomic mass is 10.1. The van der Waals surface area contributed by atoms with E-state index in [1.165, 1.54) is 0 Å². The number of nitrogens with zero attached hydrogens (tertiary/aromatic N) is 3. The lowest BCUT2D eigenvalue weighted by molar-refractivity contribution is 0.364. The molecule has 2 aromatic heterocycles. The van der Waals surface area contributed by atoms with Crippen LogP contribution < -0.4 is 5.56 Å². The predicted molar refractivity (Wildman–Crippen MR) is 87.1 cm³/mol. The maximum Gasteiger partial charge on any atom is 0.262 e. The predicted octanol–water partition coefficient (Wildman–Crippen LogP) is 2.77. The third-order valence-corrected chi connectivity index (χ3v) is 3.61. The number of aryl methyl sites for hydroxylation is 1. The van der Waals surface area contributed by atoms with Gasteiger partial charge in [0.1, 0.15) is 11.2 Å². The lowest BCUT2D eigenvalue weighted by Crippen LogP contribution is -2.24. The number of aromatic nitrogens is 4. The van der Waals surface area contributed by atoms with E-state index in [0.717, 1.165) is 5.56 Å². The first-order valence-corrected chi connectivity index (χ1v) is 7.39. The first-order chi connectivity index (χ1) is 10.4. The van der Waals surface area contributed by atoms with Crippen LogP contribution in [-0.2, 0) is 12.0 Å². The van der Waals surface area contributed by atoms with Crippen molar-refractivity contribution in [1.29, 1.82) is 0 Å². The Balaban J connectivity index is 2.17. The second-order valence-corrected chi connectivity index (χ2v) is 6.54. The molecule has 22 heavy (non-hydrogen) atoms. The third-order valence-electron chi connectivity index (χ3n) is 3.61. The highest BCUT2D eigenvalue weighted by Crippen LogP contribution is 2.21. The average Bonchev–Trinajstić information content (AvgIpc) is 2.77. The van der Waals surface area contributed by atoms with Crippen LogP contribution in [0.1, 0.15) is 37.9 Å². The summed E-state index contributed by atoms with van der Waals surface area (Å²) < 4.78 is 1.83.